The lowest BCUT2D eigenvalue weighted by Crippen LogP contribution is -2.23. The number of oxazole rings is 1. The molecule has 0 aliphatic heterocycles. The van der Waals surface area contributed by atoms with E-state index in [4.69, 9.17) is 10.2 Å². The maximum Gasteiger partial charge on any atom is 0.416 e. The average Bonchev–Trinajstić information content (AvgIpc) is 3.09. The van der Waals surface area contributed by atoms with Crippen molar-refractivity contribution in [2.45, 2.75) is 12.7 Å². The Morgan fingerprint density at radius 1 is 1.15 bits per heavy atom. The molecule has 0 saturated carbocycles. The first kappa shape index (κ1) is 17.5. The number of nitrogen functional groups attached to an aromatic ring is 1. The number of nitrogens with zero attached hydrogens (tertiary/aromatic N) is 1. The van der Waals surface area contributed by atoms with E-state index in [9.17, 15) is 18.0 Å². The van der Waals surface area contributed by atoms with Crippen molar-refractivity contribution in [2.24, 2.45) is 0 Å². The van der Waals surface area contributed by atoms with Crippen LogP contribution in [0.1, 0.15) is 21.6 Å². The SMILES string of the molecule is Nc1cccc(-c2nc(C(=O)NCc3cccc(C(F)(F)F)c3)co2)c1. The van der Waals surface area contributed by atoms with E-state index in [1.807, 2.05) is 0 Å². The van der Waals surface area contributed by atoms with Crippen LogP contribution in [0.4, 0.5) is 18.9 Å². The Bertz CT molecular complexity index is 935. The number of anilines is 1. The number of hydrogen-bond acceptors (Lipinski definition) is 4. The van der Waals surface area contributed by atoms with Crippen molar-refractivity contribution in [3.05, 3.63) is 71.6 Å². The second kappa shape index (κ2) is 6.91. The number of nitrogens with one attached hydrogen (secondary N) is 1. The monoisotopic (exact) mass is 361 g/mol. The quantitative estimate of drug-likeness (QED) is 0.691. The lowest BCUT2D eigenvalue weighted by atomic mass is 10.1. The summed E-state index contributed by atoms with van der Waals surface area (Å²) in [6, 6.07) is 11.6. The Hall–Kier alpha value is -3.29. The molecule has 0 aliphatic carbocycles. The summed E-state index contributed by atoms with van der Waals surface area (Å²) in [6.45, 7) is -0.0662. The third-order valence-corrected chi connectivity index (χ3v) is 3.58. The molecule has 1 heterocycles. The van der Waals surface area contributed by atoms with Gasteiger partial charge in [0.2, 0.25) is 5.89 Å². The highest BCUT2D eigenvalue weighted by molar-refractivity contribution is 5.92. The Morgan fingerprint density at radius 3 is 2.65 bits per heavy atom. The zero-order chi connectivity index (χ0) is 18.7. The van der Waals surface area contributed by atoms with Gasteiger partial charge < -0.3 is 15.5 Å². The standard InChI is InChI=1S/C18H14F3N3O2/c19-18(20,21)13-5-1-3-11(7-13)9-23-16(25)15-10-26-17(24-15)12-4-2-6-14(22)8-12/h1-8,10H,9,22H2,(H,23,25). The van der Waals surface area contributed by atoms with E-state index in [1.54, 1.807) is 24.3 Å². The fraction of sp³-hybridized carbons (Fsp3) is 0.111. The molecule has 0 fully saturated rings. The Kier molecular flexibility index (Phi) is 4.66. The number of halogens is 3. The normalized spacial score (nSPS) is 11.3. The minimum Gasteiger partial charge on any atom is -0.444 e. The maximum atomic E-state index is 12.7. The molecule has 134 valence electrons. The maximum absolute atomic E-state index is 12.7. The van der Waals surface area contributed by atoms with Gasteiger partial charge in [0.25, 0.3) is 5.91 Å². The number of alkyl halides is 3. The number of amides is 1. The Morgan fingerprint density at radius 2 is 1.92 bits per heavy atom. The molecule has 0 spiro atoms. The largest absolute Gasteiger partial charge is 0.444 e. The van der Waals surface area contributed by atoms with Crippen molar-refractivity contribution in [2.75, 3.05) is 5.73 Å². The molecule has 0 unspecified atom stereocenters. The molecule has 3 rings (SSSR count). The summed E-state index contributed by atoms with van der Waals surface area (Å²) >= 11 is 0. The van der Waals surface area contributed by atoms with Gasteiger partial charge in [-0.15, -0.1) is 0 Å². The summed E-state index contributed by atoms with van der Waals surface area (Å²) in [5.74, 6) is -0.331. The zero-order valence-electron chi connectivity index (χ0n) is 13.4. The van der Waals surface area contributed by atoms with Crippen LogP contribution in [0, 0.1) is 0 Å². The van der Waals surface area contributed by atoms with E-state index in [0.717, 1.165) is 12.1 Å². The molecule has 3 aromatic rings. The van der Waals surface area contributed by atoms with Crippen LogP contribution in [0.15, 0.2) is 59.2 Å². The summed E-state index contributed by atoms with van der Waals surface area (Å²) in [4.78, 5) is 16.2. The highest BCUT2D eigenvalue weighted by Gasteiger charge is 2.30. The average molecular weight is 361 g/mol. The molecular weight excluding hydrogens is 347 g/mol. The molecule has 8 heteroatoms. The fourth-order valence-corrected chi connectivity index (χ4v) is 2.31. The summed E-state index contributed by atoms with van der Waals surface area (Å²) in [7, 11) is 0. The van der Waals surface area contributed by atoms with Crippen LogP contribution < -0.4 is 11.1 Å². The van der Waals surface area contributed by atoms with Crippen molar-refractivity contribution in [3.63, 3.8) is 0 Å². The van der Waals surface area contributed by atoms with E-state index >= 15 is 0 Å². The van der Waals surface area contributed by atoms with Gasteiger partial charge in [0.1, 0.15) is 6.26 Å². The van der Waals surface area contributed by atoms with Gasteiger partial charge in [0, 0.05) is 17.8 Å². The summed E-state index contributed by atoms with van der Waals surface area (Å²) in [5.41, 5.74) is 6.41. The van der Waals surface area contributed by atoms with Crippen LogP contribution in [-0.2, 0) is 12.7 Å². The molecule has 0 atom stereocenters. The fourth-order valence-electron chi connectivity index (χ4n) is 2.31. The van der Waals surface area contributed by atoms with Crippen LogP contribution in [0.3, 0.4) is 0 Å². The summed E-state index contributed by atoms with van der Waals surface area (Å²) < 4.78 is 43.4. The summed E-state index contributed by atoms with van der Waals surface area (Å²) in [5, 5.41) is 2.52. The van der Waals surface area contributed by atoms with Gasteiger partial charge in [-0.05, 0) is 35.9 Å². The van der Waals surface area contributed by atoms with Crippen LogP contribution in [0.2, 0.25) is 0 Å². The van der Waals surface area contributed by atoms with Gasteiger partial charge in [-0.3, -0.25) is 4.79 Å². The molecule has 0 radical (unpaired) electrons. The van der Waals surface area contributed by atoms with Gasteiger partial charge >= 0.3 is 6.18 Å². The second-order valence-corrected chi connectivity index (χ2v) is 5.54. The molecule has 1 aromatic heterocycles. The molecular formula is C18H14F3N3O2. The van der Waals surface area contributed by atoms with Crippen molar-refractivity contribution in [1.82, 2.24) is 10.3 Å². The third-order valence-electron chi connectivity index (χ3n) is 3.58. The van der Waals surface area contributed by atoms with E-state index in [-0.39, 0.29) is 18.1 Å². The molecule has 2 aromatic carbocycles. The number of carbonyl (C=O) groups excluding carboxylic acids is 1. The Labute approximate surface area is 146 Å². The number of aromatic nitrogens is 1. The topological polar surface area (TPSA) is 81.1 Å². The molecule has 0 aliphatic rings. The summed E-state index contributed by atoms with van der Waals surface area (Å²) in [6.07, 6.45) is -3.25. The molecule has 0 saturated heterocycles. The first-order valence-electron chi connectivity index (χ1n) is 7.59. The van der Waals surface area contributed by atoms with Gasteiger partial charge in [0.05, 0.1) is 5.56 Å². The molecule has 3 N–H and O–H groups in total. The van der Waals surface area contributed by atoms with Crippen LogP contribution in [0.25, 0.3) is 11.5 Å². The third kappa shape index (κ3) is 4.02. The van der Waals surface area contributed by atoms with E-state index in [1.165, 1.54) is 18.4 Å². The highest BCUT2D eigenvalue weighted by atomic mass is 19.4. The minimum atomic E-state index is -4.43. The lowest BCUT2D eigenvalue weighted by molar-refractivity contribution is -0.137. The van der Waals surface area contributed by atoms with Crippen molar-refractivity contribution >= 4 is 11.6 Å². The lowest BCUT2D eigenvalue weighted by Gasteiger charge is -2.09. The first-order valence-corrected chi connectivity index (χ1v) is 7.59. The van der Waals surface area contributed by atoms with E-state index in [0.29, 0.717) is 16.8 Å². The van der Waals surface area contributed by atoms with Gasteiger partial charge in [-0.1, -0.05) is 18.2 Å². The molecule has 0 bridgehead atoms. The van der Waals surface area contributed by atoms with Crippen molar-refractivity contribution in [1.29, 1.82) is 0 Å². The smallest absolute Gasteiger partial charge is 0.416 e. The Balaban J connectivity index is 1.68. The number of rotatable bonds is 4. The predicted octanol–water partition coefficient (Wildman–Crippen LogP) is 3.87. The van der Waals surface area contributed by atoms with Gasteiger partial charge in [-0.25, -0.2) is 4.98 Å². The highest BCUT2D eigenvalue weighted by Crippen LogP contribution is 2.29. The molecule has 5 nitrogen and oxygen atoms in total. The molecule has 1 amide bonds. The second-order valence-electron chi connectivity index (χ2n) is 5.54. The van der Waals surface area contributed by atoms with Gasteiger partial charge in [0.15, 0.2) is 5.69 Å². The number of benzene rings is 2. The zero-order valence-corrected chi connectivity index (χ0v) is 13.4. The van der Waals surface area contributed by atoms with Crippen molar-refractivity contribution < 1.29 is 22.4 Å². The van der Waals surface area contributed by atoms with Gasteiger partial charge in [-0.2, -0.15) is 13.2 Å². The van der Waals surface area contributed by atoms with E-state index < -0.39 is 17.6 Å². The number of nitrogens with two attached hydrogens (primary N) is 1. The minimum absolute atomic E-state index is 0.0226. The van der Waals surface area contributed by atoms with Crippen LogP contribution in [-0.4, -0.2) is 10.9 Å². The van der Waals surface area contributed by atoms with Crippen LogP contribution >= 0.6 is 0 Å². The molecule has 26 heavy (non-hydrogen) atoms. The number of hydrogen-bond donors (Lipinski definition) is 2. The van der Waals surface area contributed by atoms with Crippen molar-refractivity contribution in [3.8, 4) is 11.5 Å². The van der Waals surface area contributed by atoms with E-state index in [2.05, 4.69) is 10.3 Å². The first-order chi connectivity index (χ1) is 12.3. The predicted molar refractivity (Wildman–Crippen MR) is 89.0 cm³/mol. The van der Waals surface area contributed by atoms with Crippen LogP contribution in [0.5, 0.6) is 0 Å². The number of carbonyl (C=O) groups is 1.